The van der Waals surface area contributed by atoms with Crippen LogP contribution in [0.2, 0.25) is 0 Å². The minimum absolute atomic E-state index is 0.285. The fourth-order valence-electron chi connectivity index (χ4n) is 2.49. The van der Waals surface area contributed by atoms with Gasteiger partial charge in [-0.3, -0.25) is 4.68 Å². The second-order valence-electron chi connectivity index (χ2n) is 5.44. The minimum atomic E-state index is 0.285. The normalized spacial score (nSPS) is 12.9. The van der Waals surface area contributed by atoms with Gasteiger partial charge in [0.15, 0.2) is 0 Å². The van der Waals surface area contributed by atoms with Crippen molar-refractivity contribution in [3.63, 3.8) is 0 Å². The summed E-state index contributed by atoms with van der Waals surface area (Å²) in [7, 11) is 2.00. The molecule has 1 aromatic heterocycles. The molecule has 2 N–H and O–H groups in total. The highest BCUT2D eigenvalue weighted by Gasteiger charge is 2.12. The molecule has 0 bridgehead atoms. The molecule has 18 heavy (non-hydrogen) atoms. The van der Waals surface area contributed by atoms with Crippen LogP contribution < -0.4 is 5.73 Å². The number of nitrogens with two attached hydrogens (primary N) is 1. The lowest BCUT2D eigenvalue weighted by Crippen LogP contribution is -2.23. The molecule has 0 saturated heterocycles. The topological polar surface area (TPSA) is 43.8 Å². The van der Waals surface area contributed by atoms with Gasteiger partial charge < -0.3 is 5.73 Å². The number of hydrogen-bond donors (Lipinski definition) is 1. The van der Waals surface area contributed by atoms with E-state index in [1.165, 1.54) is 43.4 Å². The molecule has 0 fully saturated rings. The zero-order chi connectivity index (χ0) is 13.5. The van der Waals surface area contributed by atoms with Crippen molar-refractivity contribution in [2.45, 2.75) is 71.8 Å². The summed E-state index contributed by atoms with van der Waals surface area (Å²) in [4.78, 5) is 0. The first kappa shape index (κ1) is 15.2. The first-order chi connectivity index (χ1) is 8.56. The van der Waals surface area contributed by atoms with Crippen molar-refractivity contribution in [1.82, 2.24) is 9.78 Å². The Morgan fingerprint density at radius 2 is 1.83 bits per heavy atom. The van der Waals surface area contributed by atoms with Gasteiger partial charge >= 0.3 is 0 Å². The van der Waals surface area contributed by atoms with E-state index in [0.717, 1.165) is 18.5 Å². The van der Waals surface area contributed by atoms with Gasteiger partial charge in [0.1, 0.15) is 0 Å². The van der Waals surface area contributed by atoms with Crippen molar-refractivity contribution in [2.75, 3.05) is 0 Å². The molecule has 0 saturated carbocycles. The third-order valence-corrected chi connectivity index (χ3v) is 3.80. The number of rotatable bonds is 8. The summed E-state index contributed by atoms with van der Waals surface area (Å²) in [5, 5.41) is 4.45. The fraction of sp³-hybridized carbons (Fsp3) is 0.800. The lowest BCUT2D eigenvalue weighted by atomic mass is 9.99. The molecule has 0 spiro atoms. The maximum Gasteiger partial charge on any atom is 0.0628 e. The SMILES string of the molecule is CCCCCCCC(N)Cc1c(C)nn(C)c1C. The second kappa shape index (κ2) is 7.57. The van der Waals surface area contributed by atoms with Crippen LogP contribution in [-0.2, 0) is 13.5 Å². The molecule has 0 aromatic carbocycles. The average Bonchev–Trinajstić information content (AvgIpc) is 2.56. The molecule has 0 aliphatic carbocycles. The number of hydrogen-bond acceptors (Lipinski definition) is 2. The highest BCUT2D eigenvalue weighted by Crippen LogP contribution is 2.16. The molecule has 1 unspecified atom stereocenters. The molecule has 0 aliphatic heterocycles. The van der Waals surface area contributed by atoms with Crippen molar-refractivity contribution in [2.24, 2.45) is 12.8 Å². The van der Waals surface area contributed by atoms with Crippen LogP contribution in [0, 0.1) is 13.8 Å². The Bertz CT molecular complexity index is 355. The Morgan fingerprint density at radius 1 is 1.17 bits per heavy atom. The number of aryl methyl sites for hydroxylation is 2. The Morgan fingerprint density at radius 3 is 2.39 bits per heavy atom. The van der Waals surface area contributed by atoms with Crippen molar-refractivity contribution in [3.05, 3.63) is 17.0 Å². The summed E-state index contributed by atoms with van der Waals surface area (Å²) >= 11 is 0. The number of nitrogens with zero attached hydrogens (tertiary/aromatic N) is 2. The molecule has 1 rings (SSSR count). The van der Waals surface area contributed by atoms with E-state index in [4.69, 9.17) is 5.73 Å². The van der Waals surface area contributed by atoms with Gasteiger partial charge in [0.05, 0.1) is 5.69 Å². The summed E-state index contributed by atoms with van der Waals surface area (Å²) in [5.74, 6) is 0. The van der Waals surface area contributed by atoms with E-state index in [0.29, 0.717) is 0 Å². The van der Waals surface area contributed by atoms with E-state index >= 15 is 0 Å². The van der Waals surface area contributed by atoms with E-state index in [2.05, 4.69) is 25.9 Å². The van der Waals surface area contributed by atoms with Crippen LogP contribution >= 0.6 is 0 Å². The molecule has 0 amide bonds. The smallest absolute Gasteiger partial charge is 0.0628 e. The third kappa shape index (κ3) is 4.45. The van der Waals surface area contributed by atoms with Gasteiger partial charge in [-0.1, -0.05) is 39.0 Å². The first-order valence-corrected chi connectivity index (χ1v) is 7.30. The number of aromatic nitrogens is 2. The van der Waals surface area contributed by atoms with Crippen LogP contribution in [0.3, 0.4) is 0 Å². The molecule has 3 heteroatoms. The highest BCUT2D eigenvalue weighted by atomic mass is 15.3. The van der Waals surface area contributed by atoms with Crippen LogP contribution in [0.4, 0.5) is 0 Å². The number of unbranched alkanes of at least 4 members (excludes halogenated alkanes) is 4. The van der Waals surface area contributed by atoms with Crippen molar-refractivity contribution >= 4 is 0 Å². The molecule has 0 radical (unpaired) electrons. The van der Waals surface area contributed by atoms with Gasteiger partial charge in [-0.2, -0.15) is 5.10 Å². The summed E-state index contributed by atoms with van der Waals surface area (Å²) in [6, 6.07) is 0.285. The lowest BCUT2D eigenvalue weighted by molar-refractivity contribution is 0.537. The Labute approximate surface area is 112 Å². The quantitative estimate of drug-likeness (QED) is 0.721. The predicted molar refractivity (Wildman–Crippen MR) is 77.7 cm³/mol. The van der Waals surface area contributed by atoms with Crippen LogP contribution in [0.1, 0.15) is 62.4 Å². The van der Waals surface area contributed by atoms with Gasteiger partial charge in [-0.15, -0.1) is 0 Å². The van der Waals surface area contributed by atoms with Gasteiger partial charge in [-0.05, 0) is 32.3 Å². The van der Waals surface area contributed by atoms with Gasteiger partial charge in [0.25, 0.3) is 0 Å². The van der Waals surface area contributed by atoms with Gasteiger partial charge in [0, 0.05) is 18.8 Å². The average molecular weight is 251 g/mol. The Kier molecular flexibility index (Phi) is 6.41. The Balaban J connectivity index is 2.33. The van der Waals surface area contributed by atoms with E-state index in [-0.39, 0.29) is 6.04 Å². The van der Waals surface area contributed by atoms with Crippen LogP contribution in [0.5, 0.6) is 0 Å². The van der Waals surface area contributed by atoms with E-state index in [1.807, 2.05) is 11.7 Å². The van der Waals surface area contributed by atoms with E-state index in [9.17, 15) is 0 Å². The molecule has 1 heterocycles. The Hall–Kier alpha value is -0.830. The minimum Gasteiger partial charge on any atom is -0.327 e. The maximum atomic E-state index is 6.23. The van der Waals surface area contributed by atoms with Crippen LogP contribution in [-0.4, -0.2) is 15.8 Å². The largest absolute Gasteiger partial charge is 0.327 e. The standard InChI is InChI=1S/C15H29N3/c1-5-6-7-8-9-10-14(16)11-15-12(2)17-18(4)13(15)3/h14H,5-11,16H2,1-4H3. The molecule has 1 atom stereocenters. The zero-order valence-electron chi connectivity index (χ0n) is 12.5. The predicted octanol–water partition coefficient (Wildman–Crippen LogP) is 3.27. The zero-order valence-corrected chi connectivity index (χ0v) is 12.5. The summed E-state index contributed by atoms with van der Waals surface area (Å²) in [6.45, 7) is 6.46. The first-order valence-electron chi connectivity index (χ1n) is 7.30. The lowest BCUT2D eigenvalue weighted by Gasteiger charge is -2.11. The molecular weight excluding hydrogens is 222 g/mol. The van der Waals surface area contributed by atoms with E-state index in [1.54, 1.807) is 0 Å². The van der Waals surface area contributed by atoms with Gasteiger partial charge in [0.2, 0.25) is 0 Å². The molecule has 0 aliphatic rings. The summed E-state index contributed by atoms with van der Waals surface area (Å²) in [6.07, 6.45) is 8.72. The van der Waals surface area contributed by atoms with Crippen molar-refractivity contribution in [3.8, 4) is 0 Å². The van der Waals surface area contributed by atoms with Crippen molar-refractivity contribution < 1.29 is 0 Å². The van der Waals surface area contributed by atoms with Gasteiger partial charge in [-0.25, -0.2) is 0 Å². The second-order valence-corrected chi connectivity index (χ2v) is 5.44. The van der Waals surface area contributed by atoms with Crippen LogP contribution in [0.15, 0.2) is 0 Å². The molecule has 104 valence electrons. The van der Waals surface area contributed by atoms with E-state index < -0.39 is 0 Å². The summed E-state index contributed by atoms with van der Waals surface area (Å²) < 4.78 is 1.96. The molecule has 1 aromatic rings. The fourth-order valence-corrected chi connectivity index (χ4v) is 2.49. The highest BCUT2D eigenvalue weighted by molar-refractivity contribution is 5.25. The summed E-state index contributed by atoms with van der Waals surface area (Å²) in [5.41, 5.74) is 9.97. The monoisotopic (exact) mass is 251 g/mol. The third-order valence-electron chi connectivity index (χ3n) is 3.80. The van der Waals surface area contributed by atoms with Crippen molar-refractivity contribution in [1.29, 1.82) is 0 Å². The molecule has 3 nitrogen and oxygen atoms in total. The molecular formula is C15H29N3. The maximum absolute atomic E-state index is 6.23. The van der Waals surface area contributed by atoms with Crippen LogP contribution in [0.25, 0.3) is 0 Å².